The number of hydrogen-bond acceptors (Lipinski definition) is 4. The van der Waals surface area contributed by atoms with E-state index in [4.69, 9.17) is 4.74 Å². The van der Waals surface area contributed by atoms with Crippen molar-refractivity contribution in [2.75, 3.05) is 33.3 Å². The first-order valence-electron chi connectivity index (χ1n) is 11.0. The van der Waals surface area contributed by atoms with Crippen LogP contribution in [0.1, 0.15) is 51.4 Å². The van der Waals surface area contributed by atoms with Crippen LogP contribution in [0.2, 0.25) is 0 Å². The van der Waals surface area contributed by atoms with Crippen molar-refractivity contribution in [1.29, 1.82) is 0 Å². The van der Waals surface area contributed by atoms with E-state index in [9.17, 15) is 9.59 Å². The Bertz CT molecular complexity index is 867. The van der Waals surface area contributed by atoms with Crippen LogP contribution in [0.25, 0.3) is 0 Å². The number of benzene rings is 1. The van der Waals surface area contributed by atoms with Crippen molar-refractivity contribution in [1.82, 2.24) is 9.80 Å². The molecule has 2 aromatic rings. The average Bonchev–Trinajstić information content (AvgIpc) is 3.07. The lowest BCUT2D eigenvalue weighted by Gasteiger charge is -2.22. The molecule has 0 saturated carbocycles. The predicted molar refractivity (Wildman–Crippen MR) is 119 cm³/mol. The van der Waals surface area contributed by atoms with Gasteiger partial charge in [-0.2, -0.15) is 0 Å². The Morgan fingerprint density at radius 3 is 2.47 bits per heavy atom. The van der Waals surface area contributed by atoms with Crippen LogP contribution in [0.5, 0.6) is 5.75 Å². The Kier molecular flexibility index (Phi) is 6.72. The quantitative estimate of drug-likeness (QED) is 0.728. The van der Waals surface area contributed by atoms with E-state index in [1.165, 1.54) is 23.3 Å². The molecule has 5 nitrogen and oxygen atoms in total. The number of aryl methyl sites for hydroxylation is 3. The normalized spacial score (nSPS) is 16.7. The number of methoxy groups -OCH3 is 1. The van der Waals surface area contributed by atoms with Crippen molar-refractivity contribution in [2.45, 2.75) is 44.9 Å². The number of thiophene rings is 1. The molecule has 1 saturated heterocycles. The lowest BCUT2D eigenvalue weighted by Crippen LogP contribution is -2.37. The molecule has 6 heteroatoms. The van der Waals surface area contributed by atoms with Crippen molar-refractivity contribution in [3.8, 4) is 5.75 Å². The van der Waals surface area contributed by atoms with Gasteiger partial charge in [0.2, 0.25) is 5.91 Å². The molecule has 1 aromatic carbocycles. The molecule has 0 atom stereocenters. The number of fused-ring (bicyclic) bond motifs is 1. The fourth-order valence-corrected chi connectivity index (χ4v) is 5.54. The van der Waals surface area contributed by atoms with Crippen molar-refractivity contribution in [3.63, 3.8) is 0 Å². The van der Waals surface area contributed by atoms with E-state index in [-0.39, 0.29) is 11.8 Å². The Hall–Kier alpha value is -2.34. The van der Waals surface area contributed by atoms with E-state index < -0.39 is 0 Å². The van der Waals surface area contributed by atoms with Crippen molar-refractivity contribution < 1.29 is 14.3 Å². The first-order valence-corrected chi connectivity index (χ1v) is 11.8. The number of amides is 2. The van der Waals surface area contributed by atoms with E-state index in [1.54, 1.807) is 18.4 Å². The number of carbonyl (C=O) groups excluding carboxylic acids is 2. The maximum Gasteiger partial charge on any atom is 0.263 e. The molecular weight excluding hydrogens is 396 g/mol. The minimum atomic E-state index is 0.141. The van der Waals surface area contributed by atoms with Crippen molar-refractivity contribution >= 4 is 23.2 Å². The molecule has 2 amide bonds. The van der Waals surface area contributed by atoms with Crippen LogP contribution in [0, 0.1) is 0 Å². The van der Waals surface area contributed by atoms with Crippen LogP contribution in [0.3, 0.4) is 0 Å². The number of rotatable bonds is 5. The Morgan fingerprint density at radius 1 is 0.967 bits per heavy atom. The molecule has 4 rings (SSSR count). The van der Waals surface area contributed by atoms with Gasteiger partial charge in [0.05, 0.1) is 12.0 Å². The van der Waals surface area contributed by atoms with Gasteiger partial charge in [-0.3, -0.25) is 9.59 Å². The highest BCUT2D eigenvalue weighted by molar-refractivity contribution is 7.14. The molecular formula is C24H30N2O3S. The number of carbonyl (C=O) groups is 2. The zero-order valence-electron chi connectivity index (χ0n) is 17.7. The third kappa shape index (κ3) is 4.86. The van der Waals surface area contributed by atoms with Gasteiger partial charge in [-0.05, 0) is 67.9 Å². The molecule has 2 heterocycles. The second kappa shape index (κ2) is 9.65. The summed E-state index contributed by atoms with van der Waals surface area (Å²) in [5, 5.41) is 0. The molecule has 0 N–H and O–H groups in total. The fourth-order valence-electron chi connectivity index (χ4n) is 4.32. The Labute approximate surface area is 182 Å². The van der Waals surface area contributed by atoms with Gasteiger partial charge < -0.3 is 14.5 Å². The molecule has 1 aromatic heterocycles. The Morgan fingerprint density at radius 2 is 1.70 bits per heavy atom. The molecule has 1 fully saturated rings. The molecule has 0 spiro atoms. The fraction of sp³-hybridized carbons (Fsp3) is 0.500. The van der Waals surface area contributed by atoms with Crippen LogP contribution in [0.15, 0.2) is 30.3 Å². The second-order valence-corrected chi connectivity index (χ2v) is 9.28. The topological polar surface area (TPSA) is 49.9 Å². The molecule has 0 bridgehead atoms. The monoisotopic (exact) mass is 426 g/mol. The number of hydrogen-bond donors (Lipinski definition) is 0. The van der Waals surface area contributed by atoms with Gasteiger partial charge >= 0.3 is 0 Å². The lowest BCUT2D eigenvalue weighted by molar-refractivity contribution is -0.131. The van der Waals surface area contributed by atoms with E-state index in [0.29, 0.717) is 19.5 Å². The van der Waals surface area contributed by atoms with Crippen LogP contribution >= 0.6 is 11.3 Å². The molecule has 160 valence electrons. The predicted octanol–water partition coefficient (Wildman–Crippen LogP) is 3.94. The van der Waals surface area contributed by atoms with E-state index >= 15 is 0 Å². The summed E-state index contributed by atoms with van der Waals surface area (Å²) in [4.78, 5) is 31.9. The summed E-state index contributed by atoms with van der Waals surface area (Å²) in [6, 6.07) is 9.99. The summed E-state index contributed by atoms with van der Waals surface area (Å²) < 4.78 is 5.18. The van der Waals surface area contributed by atoms with Gasteiger partial charge in [-0.1, -0.05) is 12.1 Å². The average molecular weight is 427 g/mol. The second-order valence-electron chi connectivity index (χ2n) is 8.14. The third-order valence-electron chi connectivity index (χ3n) is 6.13. The van der Waals surface area contributed by atoms with Crippen LogP contribution in [0.4, 0.5) is 0 Å². The third-order valence-corrected chi connectivity index (χ3v) is 7.35. The summed E-state index contributed by atoms with van der Waals surface area (Å²) in [5.41, 5.74) is 2.51. The summed E-state index contributed by atoms with van der Waals surface area (Å²) in [6.07, 6.45) is 6.75. The number of ether oxygens (including phenoxy) is 1. The van der Waals surface area contributed by atoms with E-state index in [2.05, 4.69) is 6.07 Å². The van der Waals surface area contributed by atoms with Gasteiger partial charge in [0, 0.05) is 37.5 Å². The zero-order valence-corrected chi connectivity index (χ0v) is 18.5. The van der Waals surface area contributed by atoms with Gasteiger partial charge in [-0.15, -0.1) is 11.3 Å². The maximum absolute atomic E-state index is 13.0. The summed E-state index contributed by atoms with van der Waals surface area (Å²) in [7, 11) is 1.65. The number of nitrogens with zero attached hydrogens (tertiary/aromatic N) is 2. The smallest absolute Gasteiger partial charge is 0.263 e. The van der Waals surface area contributed by atoms with E-state index in [0.717, 1.165) is 55.0 Å². The SMILES string of the molecule is COc1ccc(CCC(=O)N2CCCN(C(=O)c3cc4c(s3)CCCC4)CC2)cc1. The highest BCUT2D eigenvalue weighted by Gasteiger charge is 2.25. The van der Waals surface area contributed by atoms with Gasteiger partial charge in [0.15, 0.2) is 0 Å². The van der Waals surface area contributed by atoms with Gasteiger partial charge in [-0.25, -0.2) is 0 Å². The first-order chi connectivity index (χ1) is 14.6. The summed E-state index contributed by atoms with van der Waals surface area (Å²) in [6.45, 7) is 2.70. The van der Waals surface area contributed by atoms with Gasteiger partial charge in [0.25, 0.3) is 5.91 Å². The molecule has 1 aliphatic carbocycles. The summed E-state index contributed by atoms with van der Waals surface area (Å²) in [5.74, 6) is 1.14. The van der Waals surface area contributed by atoms with E-state index in [1.807, 2.05) is 34.1 Å². The Balaban J connectivity index is 1.30. The molecule has 0 radical (unpaired) electrons. The highest BCUT2D eigenvalue weighted by atomic mass is 32.1. The minimum Gasteiger partial charge on any atom is -0.497 e. The largest absolute Gasteiger partial charge is 0.497 e. The van der Waals surface area contributed by atoms with Crippen molar-refractivity contribution in [2.24, 2.45) is 0 Å². The molecule has 0 unspecified atom stereocenters. The molecule has 1 aliphatic heterocycles. The van der Waals surface area contributed by atoms with Crippen LogP contribution < -0.4 is 4.74 Å². The highest BCUT2D eigenvalue weighted by Crippen LogP contribution is 2.30. The van der Waals surface area contributed by atoms with Crippen molar-refractivity contribution in [3.05, 3.63) is 51.2 Å². The molecule has 30 heavy (non-hydrogen) atoms. The summed E-state index contributed by atoms with van der Waals surface area (Å²) >= 11 is 1.68. The lowest BCUT2D eigenvalue weighted by atomic mass is 9.99. The van der Waals surface area contributed by atoms with Gasteiger partial charge in [0.1, 0.15) is 5.75 Å². The van der Waals surface area contributed by atoms with Crippen LogP contribution in [-0.4, -0.2) is 54.9 Å². The first kappa shape index (κ1) is 20.9. The zero-order chi connectivity index (χ0) is 20.9. The minimum absolute atomic E-state index is 0.141. The van der Waals surface area contributed by atoms with Crippen LogP contribution in [-0.2, 0) is 24.1 Å². The molecule has 2 aliphatic rings. The standard InChI is InChI=1S/C24H30N2O3S/c1-29-20-10-7-18(8-11-20)9-12-23(27)25-13-4-14-26(16-15-25)24(28)22-17-19-5-2-3-6-21(19)30-22/h7-8,10-11,17H,2-6,9,12-16H2,1H3. The maximum atomic E-state index is 13.0.